The van der Waals surface area contributed by atoms with Crippen LogP contribution in [0, 0.1) is 12.8 Å². The highest BCUT2D eigenvalue weighted by atomic mass is 15.3. The van der Waals surface area contributed by atoms with Crippen LogP contribution in [-0.2, 0) is 6.54 Å². The maximum Gasteiger partial charge on any atom is 0.191 e. The molecule has 0 spiro atoms. The van der Waals surface area contributed by atoms with Gasteiger partial charge in [-0.3, -0.25) is 9.67 Å². The lowest BCUT2D eigenvalue weighted by molar-refractivity contribution is 0.597. The van der Waals surface area contributed by atoms with Crippen LogP contribution < -0.4 is 10.6 Å². The summed E-state index contributed by atoms with van der Waals surface area (Å²) in [5.74, 6) is 1.75. The number of rotatable bonds is 6. The van der Waals surface area contributed by atoms with E-state index in [-0.39, 0.29) is 0 Å². The number of guanidine groups is 1. The van der Waals surface area contributed by atoms with Crippen LogP contribution in [0.1, 0.15) is 25.3 Å². The highest BCUT2D eigenvalue weighted by molar-refractivity contribution is 5.79. The number of nitrogens with one attached hydrogen (secondary N) is 2. The summed E-state index contributed by atoms with van der Waals surface area (Å²) >= 11 is 0. The van der Waals surface area contributed by atoms with Crippen molar-refractivity contribution in [2.45, 2.75) is 33.2 Å². The Kier molecular flexibility index (Phi) is 4.61. The van der Waals surface area contributed by atoms with E-state index in [1.54, 1.807) is 0 Å². The third-order valence-corrected chi connectivity index (χ3v) is 2.94. The molecule has 0 amide bonds. The van der Waals surface area contributed by atoms with E-state index in [0.717, 1.165) is 38.1 Å². The fourth-order valence-corrected chi connectivity index (χ4v) is 1.74. The Morgan fingerprint density at radius 2 is 2.33 bits per heavy atom. The standard InChI is InChI=1S/C13H23N5/c1-3-14-13(16-9-12-4-5-12)15-6-7-18-10-11(2)8-17-18/h8,10,12H,3-7,9H2,1-2H3,(H2,14,15,16). The minimum atomic E-state index is 0.828. The van der Waals surface area contributed by atoms with Crippen molar-refractivity contribution >= 4 is 5.96 Å². The Bertz CT molecular complexity index is 392. The van der Waals surface area contributed by atoms with Gasteiger partial charge in [0, 0.05) is 25.8 Å². The molecule has 100 valence electrons. The van der Waals surface area contributed by atoms with Gasteiger partial charge in [-0.2, -0.15) is 5.10 Å². The summed E-state index contributed by atoms with van der Waals surface area (Å²) < 4.78 is 1.95. The molecule has 0 saturated heterocycles. The molecule has 1 heterocycles. The Balaban J connectivity index is 1.72. The smallest absolute Gasteiger partial charge is 0.191 e. The molecule has 5 nitrogen and oxygen atoms in total. The lowest BCUT2D eigenvalue weighted by atomic mass is 10.4. The van der Waals surface area contributed by atoms with E-state index in [1.807, 2.05) is 10.9 Å². The van der Waals surface area contributed by atoms with E-state index in [4.69, 9.17) is 0 Å². The van der Waals surface area contributed by atoms with E-state index in [0.29, 0.717) is 0 Å². The molecule has 1 fully saturated rings. The van der Waals surface area contributed by atoms with Crippen LogP contribution in [0.5, 0.6) is 0 Å². The highest BCUT2D eigenvalue weighted by Gasteiger charge is 2.20. The zero-order valence-corrected chi connectivity index (χ0v) is 11.3. The lowest BCUT2D eigenvalue weighted by Crippen LogP contribution is -2.39. The Morgan fingerprint density at radius 3 is 2.94 bits per heavy atom. The summed E-state index contributed by atoms with van der Waals surface area (Å²) in [6, 6.07) is 0. The molecule has 5 heteroatoms. The van der Waals surface area contributed by atoms with E-state index >= 15 is 0 Å². The van der Waals surface area contributed by atoms with Crippen LogP contribution >= 0.6 is 0 Å². The first-order valence-electron chi connectivity index (χ1n) is 6.79. The van der Waals surface area contributed by atoms with Crippen molar-refractivity contribution in [2.75, 3.05) is 19.6 Å². The molecular formula is C13H23N5. The van der Waals surface area contributed by atoms with Crippen molar-refractivity contribution in [3.05, 3.63) is 18.0 Å². The number of aryl methyl sites for hydroxylation is 1. The van der Waals surface area contributed by atoms with Gasteiger partial charge in [-0.15, -0.1) is 0 Å². The summed E-state index contributed by atoms with van der Waals surface area (Å²) in [6.45, 7) is 7.70. The monoisotopic (exact) mass is 249 g/mol. The first-order valence-corrected chi connectivity index (χ1v) is 6.79. The third kappa shape index (κ3) is 4.39. The number of hydrogen-bond donors (Lipinski definition) is 2. The SMILES string of the molecule is CCNC(=NCC1CC1)NCCn1cc(C)cn1. The largest absolute Gasteiger partial charge is 0.357 e. The van der Waals surface area contributed by atoms with Gasteiger partial charge in [-0.05, 0) is 38.2 Å². The fraction of sp³-hybridized carbons (Fsp3) is 0.692. The first kappa shape index (κ1) is 12.9. The zero-order chi connectivity index (χ0) is 12.8. The second-order valence-corrected chi connectivity index (χ2v) is 4.87. The van der Waals surface area contributed by atoms with Crippen LogP contribution in [0.2, 0.25) is 0 Å². The van der Waals surface area contributed by atoms with Crippen LogP contribution in [0.15, 0.2) is 17.4 Å². The predicted molar refractivity (Wildman–Crippen MR) is 73.7 cm³/mol. The van der Waals surface area contributed by atoms with Crippen LogP contribution in [0.3, 0.4) is 0 Å². The molecule has 18 heavy (non-hydrogen) atoms. The maximum absolute atomic E-state index is 4.58. The summed E-state index contributed by atoms with van der Waals surface area (Å²) in [4.78, 5) is 4.58. The third-order valence-electron chi connectivity index (χ3n) is 2.94. The second-order valence-electron chi connectivity index (χ2n) is 4.87. The Labute approximate surface area is 109 Å². The van der Waals surface area contributed by atoms with Gasteiger partial charge in [-0.1, -0.05) is 0 Å². The normalized spacial score (nSPS) is 15.8. The Hall–Kier alpha value is -1.52. The van der Waals surface area contributed by atoms with Gasteiger partial charge in [0.15, 0.2) is 5.96 Å². The molecule has 1 aromatic heterocycles. The zero-order valence-electron chi connectivity index (χ0n) is 11.3. The molecule has 1 aromatic rings. The lowest BCUT2D eigenvalue weighted by Gasteiger charge is -2.11. The minimum absolute atomic E-state index is 0.828. The van der Waals surface area contributed by atoms with Gasteiger partial charge in [0.2, 0.25) is 0 Å². The van der Waals surface area contributed by atoms with Crippen LogP contribution in [-0.4, -0.2) is 35.4 Å². The average molecular weight is 249 g/mol. The van der Waals surface area contributed by atoms with Crippen molar-refractivity contribution in [3.63, 3.8) is 0 Å². The van der Waals surface area contributed by atoms with Crippen molar-refractivity contribution < 1.29 is 0 Å². The van der Waals surface area contributed by atoms with Gasteiger partial charge in [-0.25, -0.2) is 0 Å². The summed E-state index contributed by atoms with van der Waals surface area (Å²) in [5, 5.41) is 10.9. The topological polar surface area (TPSA) is 54.2 Å². The van der Waals surface area contributed by atoms with Gasteiger partial charge < -0.3 is 10.6 Å². The first-order chi connectivity index (χ1) is 8.78. The predicted octanol–water partition coefficient (Wildman–Crippen LogP) is 1.16. The average Bonchev–Trinajstić information content (AvgIpc) is 3.09. The molecule has 2 N–H and O–H groups in total. The fourth-order valence-electron chi connectivity index (χ4n) is 1.74. The molecular weight excluding hydrogens is 226 g/mol. The van der Waals surface area contributed by atoms with Gasteiger partial charge in [0.25, 0.3) is 0 Å². The summed E-state index contributed by atoms with van der Waals surface area (Å²) in [5.41, 5.74) is 1.20. The number of nitrogens with zero attached hydrogens (tertiary/aromatic N) is 3. The van der Waals surface area contributed by atoms with Crippen LogP contribution in [0.4, 0.5) is 0 Å². The van der Waals surface area contributed by atoms with Gasteiger partial charge in [0.05, 0.1) is 12.7 Å². The van der Waals surface area contributed by atoms with Crippen molar-refractivity contribution in [1.82, 2.24) is 20.4 Å². The van der Waals surface area contributed by atoms with E-state index in [1.165, 1.54) is 18.4 Å². The molecule has 1 aliphatic carbocycles. The summed E-state index contributed by atoms with van der Waals surface area (Å²) in [7, 11) is 0. The number of hydrogen-bond acceptors (Lipinski definition) is 2. The molecule has 0 aliphatic heterocycles. The number of aromatic nitrogens is 2. The highest BCUT2D eigenvalue weighted by Crippen LogP contribution is 2.28. The molecule has 2 rings (SSSR count). The molecule has 0 bridgehead atoms. The van der Waals surface area contributed by atoms with Gasteiger partial charge in [0.1, 0.15) is 0 Å². The van der Waals surface area contributed by atoms with Crippen molar-refractivity contribution in [1.29, 1.82) is 0 Å². The Morgan fingerprint density at radius 1 is 1.50 bits per heavy atom. The molecule has 1 saturated carbocycles. The van der Waals surface area contributed by atoms with Crippen LogP contribution in [0.25, 0.3) is 0 Å². The maximum atomic E-state index is 4.58. The molecule has 0 atom stereocenters. The summed E-state index contributed by atoms with van der Waals surface area (Å²) in [6.07, 6.45) is 6.62. The quantitative estimate of drug-likeness (QED) is 0.587. The number of aliphatic imine (C=N–C) groups is 1. The van der Waals surface area contributed by atoms with E-state index < -0.39 is 0 Å². The molecule has 1 aliphatic rings. The van der Waals surface area contributed by atoms with Crippen molar-refractivity contribution in [2.24, 2.45) is 10.9 Å². The van der Waals surface area contributed by atoms with E-state index in [2.05, 4.69) is 40.8 Å². The van der Waals surface area contributed by atoms with Gasteiger partial charge >= 0.3 is 0 Å². The van der Waals surface area contributed by atoms with E-state index in [9.17, 15) is 0 Å². The molecule has 0 aromatic carbocycles. The molecule has 0 radical (unpaired) electrons. The minimum Gasteiger partial charge on any atom is -0.357 e. The molecule has 0 unspecified atom stereocenters. The second kappa shape index (κ2) is 6.42. The van der Waals surface area contributed by atoms with Crippen molar-refractivity contribution in [3.8, 4) is 0 Å².